The van der Waals surface area contributed by atoms with Crippen LogP contribution in [0, 0.1) is 5.92 Å². The molecule has 0 saturated carbocycles. The molecule has 0 spiro atoms. The van der Waals surface area contributed by atoms with Crippen LogP contribution in [-0.4, -0.2) is 12.6 Å². The van der Waals surface area contributed by atoms with Crippen LogP contribution < -0.4 is 0 Å². The molecule has 1 atom stereocenters. The summed E-state index contributed by atoms with van der Waals surface area (Å²) in [6.45, 7) is 6.30. The Kier molecular flexibility index (Phi) is 5.62. The number of carbonyl (C=O) groups excluding carboxylic acids is 1. The fourth-order valence-corrected chi connectivity index (χ4v) is 2.87. The van der Waals surface area contributed by atoms with Gasteiger partial charge in [0.05, 0.1) is 12.5 Å². The zero-order chi connectivity index (χ0) is 16.1. The van der Waals surface area contributed by atoms with Crippen molar-refractivity contribution in [2.45, 2.75) is 26.7 Å². The van der Waals surface area contributed by atoms with Crippen molar-refractivity contribution in [1.29, 1.82) is 0 Å². The van der Waals surface area contributed by atoms with Crippen LogP contribution in [0.5, 0.6) is 0 Å². The van der Waals surface area contributed by atoms with Gasteiger partial charge in [-0.1, -0.05) is 61.8 Å². The van der Waals surface area contributed by atoms with E-state index in [0.717, 1.165) is 16.7 Å². The number of rotatable bonds is 5. The second-order valence-corrected chi connectivity index (χ2v) is 6.01. The van der Waals surface area contributed by atoms with E-state index in [2.05, 4.69) is 0 Å². The van der Waals surface area contributed by atoms with Gasteiger partial charge in [-0.2, -0.15) is 0 Å². The Morgan fingerprint density at radius 1 is 1.14 bits per heavy atom. The molecule has 2 nitrogen and oxygen atoms in total. The minimum atomic E-state index is -0.282. The van der Waals surface area contributed by atoms with E-state index < -0.39 is 0 Å². The molecule has 2 aromatic rings. The molecular formula is C19H21ClO2. The molecule has 3 heteroatoms. The third kappa shape index (κ3) is 3.69. The van der Waals surface area contributed by atoms with Gasteiger partial charge in [-0.05, 0) is 41.7 Å². The van der Waals surface area contributed by atoms with E-state index >= 15 is 0 Å². The standard InChI is InChI=1S/C19H21ClO2/c1-4-22-19(21)18(13(2)3)17-11-6-5-10-16(17)14-8-7-9-15(20)12-14/h5-13,18H,4H2,1-3H3. The van der Waals surface area contributed by atoms with Gasteiger partial charge in [0.2, 0.25) is 0 Å². The Morgan fingerprint density at radius 2 is 1.86 bits per heavy atom. The highest BCUT2D eigenvalue weighted by atomic mass is 35.5. The monoisotopic (exact) mass is 316 g/mol. The third-order valence-corrected chi connectivity index (χ3v) is 3.87. The summed E-state index contributed by atoms with van der Waals surface area (Å²) in [5.41, 5.74) is 3.02. The summed E-state index contributed by atoms with van der Waals surface area (Å²) in [6, 6.07) is 15.6. The third-order valence-electron chi connectivity index (χ3n) is 3.64. The zero-order valence-electron chi connectivity index (χ0n) is 13.2. The smallest absolute Gasteiger partial charge is 0.313 e. The highest BCUT2D eigenvalue weighted by Crippen LogP contribution is 2.35. The topological polar surface area (TPSA) is 26.3 Å². The SMILES string of the molecule is CCOC(=O)C(c1ccccc1-c1cccc(Cl)c1)C(C)C. The maximum absolute atomic E-state index is 12.4. The molecule has 0 aliphatic heterocycles. The Hall–Kier alpha value is -1.80. The maximum Gasteiger partial charge on any atom is 0.313 e. The number of benzene rings is 2. The van der Waals surface area contributed by atoms with Crippen molar-refractivity contribution in [3.63, 3.8) is 0 Å². The largest absolute Gasteiger partial charge is 0.466 e. The zero-order valence-corrected chi connectivity index (χ0v) is 13.9. The van der Waals surface area contributed by atoms with Crippen LogP contribution in [0.15, 0.2) is 48.5 Å². The van der Waals surface area contributed by atoms with Crippen LogP contribution in [0.3, 0.4) is 0 Å². The molecule has 0 heterocycles. The van der Waals surface area contributed by atoms with Gasteiger partial charge in [-0.25, -0.2) is 0 Å². The minimum absolute atomic E-state index is 0.152. The molecule has 0 N–H and O–H groups in total. The second kappa shape index (κ2) is 7.46. The number of hydrogen-bond donors (Lipinski definition) is 0. The van der Waals surface area contributed by atoms with E-state index in [-0.39, 0.29) is 17.8 Å². The van der Waals surface area contributed by atoms with E-state index in [1.807, 2.05) is 69.3 Å². The molecule has 0 fully saturated rings. The fourth-order valence-electron chi connectivity index (χ4n) is 2.68. The van der Waals surface area contributed by atoms with Gasteiger partial charge in [0.1, 0.15) is 0 Å². The van der Waals surface area contributed by atoms with Crippen LogP contribution in [0.4, 0.5) is 0 Å². The van der Waals surface area contributed by atoms with Crippen LogP contribution in [-0.2, 0) is 9.53 Å². The van der Waals surface area contributed by atoms with Gasteiger partial charge < -0.3 is 4.74 Å². The molecule has 2 rings (SSSR count). The summed E-state index contributed by atoms with van der Waals surface area (Å²) in [5.74, 6) is -0.304. The molecular weight excluding hydrogens is 296 g/mol. The lowest BCUT2D eigenvalue weighted by molar-refractivity contribution is -0.146. The summed E-state index contributed by atoms with van der Waals surface area (Å²) >= 11 is 6.11. The molecule has 1 unspecified atom stereocenters. The molecule has 0 radical (unpaired) electrons. The number of halogens is 1. The van der Waals surface area contributed by atoms with E-state index in [9.17, 15) is 4.79 Å². The first-order valence-corrected chi connectivity index (χ1v) is 7.94. The summed E-state index contributed by atoms with van der Waals surface area (Å²) in [5, 5.41) is 0.685. The van der Waals surface area contributed by atoms with Gasteiger partial charge in [0.15, 0.2) is 0 Å². The summed E-state index contributed by atoms with van der Waals surface area (Å²) in [7, 11) is 0. The molecule has 0 aliphatic rings. The van der Waals surface area contributed by atoms with Crippen molar-refractivity contribution < 1.29 is 9.53 Å². The lowest BCUT2D eigenvalue weighted by atomic mass is 9.84. The molecule has 2 aromatic carbocycles. The first kappa shape index (κ1) is 16.6. The van der Waals surface area contributed by atoms with Crippen molar-refractivity contribution in [2.24, 2.45) is 5.92 Å². The Bertz CT molecular complexity index is 649. The molecule has 0 bridgehead atoms. The van der Waals surface area contributed by atoms with E-state index in [1.54, 1.807) is 0 Å². The molecule has 0 amide bonds. The van der Waals surface area contributed by atoms with Crippen molar-refractivity contribution >= 4 is 17.6 Å². The molecule has 0 aromatic heterocycles. The Morgan fingerprint density at radius 3 is 2.50 bits per heavy atom. The molecule has 22 heavy (non-hydrogen) atoms. The van der Waals surface area contributed by atoms with Gasteiger partial charge >= 0.3 is 5.97 Å². The van der Waals surface area contributed by atoms with Gasteiger partial charge in [-0.15, -0.1) is 0 Å². The van der Waals surface area contributed by atoms with Crippen LogP contribution >= 0.6 is 11.6 Å². The summed E-state index contributed by atoms with van der Waals surface area (Å²) in [6.07, 6.45) is 0. The molecule has 0 aliphatic carbocycles. The van der Waals surface area contributed by atoms with Gasteiger partial charge in [0, 0.05) is 5.02 Å². The average Bonchev–Trinajstić information content (AvgIpc) is 2.48. The first-order chi connectivity index (χ1) is 10.5. The quantitative estimate of drug-likeness (QED) is 0.699. The lowest BCUT2D eigenvalue weighted by Gasteiger charge is -2.22. The van der Waals surface area contributed by atoms with Gasteiger partial charge in [-0.3, -0.25) is 4.79 Å². The highest BCUT2D eigenvalue weighted by Gasteiger charge is 2.27. The van der Waals surface area contributed by atoms with Crippen molar-refractivity contribution in [1.82, 2.24) is 0 Å². The predicted molar refractivity (Wildman–Crippen MR) is 91.1 cm³/mol. The van der Waals surface area contributed by atoms with Gasteiger partial charge in [0.25, 0.3) is 0 Å². The Balaban J connectivity index is 2.52. The Labute approximate surface area is 137 Å². The first-order valence-electron chi connectivity index (χ1n) is 7.56. The molecule has 0 saturated heterocycles. The summed E-state index contributed by atoms with van der Waals surface area (Å²) < 4.78 is 5.27. The average molecular weight is 317 g/mol. The lowest BCUT2D eigenvalue weighted by Crippen LogP contribution is -2.21. The fraction of sp³-hybridized carbons (Fsp3) is 0.316. The van der Waals surface area contributed by atoms with Crippen molar-refractivity contribution in [2.75, 3.05) is 6.61 Å². The predicted octanol–water partition coefficient (Wildman–Crippen LogP) is 5.31. The van der Waals surface area contributed by atoms with Crippen LogP contribution in [0.1, 0.15) is 32.3 Å². The number of esters is 1. The van der Waals surface area contributed by atoms with Crippen LogP contribution in [0.2, 0.25) is 5.02 Å². The van der Waals surface area contributed by atoms with Crippen LogP contribution in [0.25, 0.3) is 11.1 Å². The number of ether oxygens (including phenoxy) is 1. The van der Waals surface area contributed by atoms with E-state index in [0.29, 0.717) is 11.6 Å². The maximum atomic E-state index is 12.4. The van der Waals surface area contributed by atoms with E-state index in [1.165, 1.54) is 0 Å². The number of carbonyl (C=O) groups is 1. The second-order valence-electron chi connectivity index (χ2n) is 5.57. The summed E-state index contributed by atoms with van der Waals surface area (Å²) in [4.78, 5) is 12.4. The number of hydrogen-bond acceptors (Lipinski definition) is 2. The highest BCUT2D eigenvalue weighted by molar-refractivity contribution is 6.30. The normalized spacial score (nSPS) is 12.2. The minimum Gasteiger partial charge on any atom is -0.466 e. The molecule has 116 valence electrons. The van der Waals surface area contributed by atoms with Crippen molar-refractivity contribution in [3.05, 3.63) is 59.1 Å². The van der Waals surface area contributed by atoms with E-state index in [4.69, 9.17) is 16.3 Å². The van der Waals surface area contributed by atoms with Crippen molar-refractivity contribution in [3.8, 4) is 11.1 Å².